The number of hydrogen-bond donors (Lipinski definition) is 0. The standard InChI is InChI=1S/C16H26O2S/c1-2-3-4-5-6-7-8-9-10-14-11-17-15-12-19-13-16(15)18-14/h12-14H,2-11H2,1H3/t14-/m0/s1. The van der Waals surface area contributed by atoms with E-state index in [4.69, 9.17) is 9.47 Å². The summed E-state index contributed by atoms with van der Waals surface area (Å²) in [6.07, 6.45) is 12.3. The molecule has 1 aliphatic rings. The van der Waals surface area contributed by atoms with Crippen LogP contribution in [0.4, 0.5) is 0 Å². The van der Waals surface area contributed by atoms with Gasteiger partial charge in [0.1, 0.15) is 12.7 Å². The van der Waals surface area contributed by atoms with Crippen molar-refractivity contribution < 1.29 is 9.47 Å². The van der Waals surface area contributed by atoms with Gasteiger partial charge in [0.15, 0.2) is 11.5 Å². The molecular formula is C16H26O2S. The van der Waals surface area contributed by atoms with Crippen molar-refractivity contribution in [2.75, 3.05) is 6.61 Å². The summed E-state index contributed by atoms with van der Waals surface area (Å²) in [6.45, 7) is 2.99. The van der Waals surface area contributed by atoms with Crippen molar-refractivity contribution in [2.45, 2.75) is 70.8 Å². The predicted molar refractivity (Wildman–Crippen MR) is 81.5 cm³/mol. The second-order valence-electron chi connectivity index (χ2n) is 5.41. The first-order valence-corrected chi connectivity index (χ1v) is 8.70. The quantitative estimate of drug-likeness (QED) is 0.563. The van der Waals surface area contributed by atoms with Crippen LogP contribution in [-0.2, 0) is 0 Å². The normalized spacial score (nSPS) is 17.6. The second-order valence-corrected chi connectivity index (χ2v) is 6.16. The van der Waals surface area contributed by atoms with Crippen molar-refractivity contribution in [1.82, 2.24) is 0 Å². The molecule has 0 aromatic carbocycles. The molecule has 0 spiro atoms. The van der Waals surface area contributed by atoms with Crippen LogP contribution in [0.1, 0.15) is 64.7 Å². The first-order valence-electron chi connectivity index (χ1n) is 7.75. The zero-order valence-electron chi connectivity index (χ0n) is 12.0. The number of fused-ring (bicyclic) bond motifs is 1. The van der Waals surface area contributed by atoms with Gasteiger partial charge in [-0.2, -0.15) is 0 Å². The fraction of sp³-hybridized carbons (Fsp3) is 0.750. The molecule has 0 saturated carbocycles. The molecule has 1 aromatic heterocycles. The monoisotopic (exact) mass is 282 g/mol. The van der Waals surface area contributed by atoms with Gasteiger partial charge >= 0.3 is 0 Å². The minimum atomic E-state index is 0.266. The van der Waals surface area contributed by atoms with Crippen molar-refractivity contribution in [2.24, 2.45) is 0 Å². The molecule has 1 aliphatic heterocycles. The van der Waals surface area contributed by atoms with E-state index in [1.807, 2.05) is 10.8 Å². The van der Waals surface area contributed by atoms with Crippen molar-refractivity contribution in [3.05, 3.63) is 10.8 Å². The lowest BCUT2D eigenvalue weighted by Gasteiger charge is -2.24. The first-order chi connectivity index (χ1) is 9.40. The maximum Gasteiger partial charge on any atom is 0.172 e. The summed E-state index contributed by atoms with van der Waals surface area (Å²) >= 11 is 1.65. The van der Waals surface area contributed by atoms with E-state index in [0.29, 0.717) is 0 Å². The Morgan fingerprint density at radius 1 is 1.00 bits per heavy atom. The second kappa shape index (κ2) is 8.47. The molecule has 0 saturated heterocycles. The summed E-state index contributed by atoms with van der Waals surface area (Å²) in [5.74, 6) is 1.87. The largest absolute Gasteiger partial charge is 0.485 e. The van der Waals surface area contributed by atoms with Crippen LogP contribution in [0.3, 0.4) is 0 Å². The predicted octanol–water partition coefficient (Wildman–Crippen LogP) is 5.42. The molecule has 3 heteroatoms. The van der Waals surface area contributed by atoms with Gasteiger partial charge in [-0.1, -0.05) is 51.9 Å². The summed E-state index contributed by atoms with van der Waals surface area (Å²) in [7, 11) is 0. The van der Waals surface area contributed by atoms with Gasteiger partial charge in [-0.3, -0.25) is 0 Å². The van der Waals surface area contributed by atoms with Gasteiger partial charge in [0.2, 0.25) is 0 Å². The van der Waals surface area contributed by atoms with Gasteiger partial charge in [0.05, 0.1) is 0 Å². The molecule has 2 rings (SSSR count). The Morgan fingerprint density at radius 2 is 1.68 bits per heavy atom. The molecule has 1 atom stereocenters. The topological polar surface area (TPSA) is 18.5 Å². The molecule has 2 nitrogen and oxygen atoms in total. The lowest BCUT2D eigenvalue weighted by atomic mass is 10.1. The van der Waals surface area contributed by atoms with Gasteiger partial charge in [-0.25, -0.2) is 0 Å². The van der Waals surface area contributed by atoms with Crippen LogP contribution in [0, 0.1) is 0 Å². The van der Waals surface area contributed by atoms with Crippen LogP contribution in [-0.4, -0.2) is 12.7 Å². The Kier molecular flexibility index (Phi) is 6.55. The van der Waals surface area contributed by atoms with E-state index in [0.717, 1.165) is 24.5 Å². The highest BCUT2D eigenvalue weighted by molar-refractivity contribution is 7.08. The van der Waals surface area contributed by atoms with Crippen LogP contribution in [0.25, 0.3) is 0 Å². The average Bonchev–Trinajstić information content (AvgIpc) is 2.89. The minimum Gasteiger partial charge on any atom is -0.485 e. The van der Waals surface area contributed by atoms with Crippen molar-refractivity contribution in [3.8, 4) is 11.5 Å². The van der Waals surface area contributed by atoms with E-state index in [1.54, 1.807) is 11.3 Å². The van der Waals surface area contributed by atoms with Gasteiger partial charge in [-0.05, 0) is 12.8 Å². The Labute approximate surface area is 121 Å². The average molecular weight is 282 g/mol. The Hall–Kier alpha value is -0.700. The molecule has 0 aliphatic carbocycles. The number of hydrogen-bond acceptors (Lipinski definition) is 3. The highest BCUT2D eigenvalue weighted by atomic mass is 32.1. The van der Waals surface area contributed by atoms with E-state index < -0.39 is 0 Å². The maximum absolute atomic E-state index is 5.92. The third kappa shape index (κ3) is 5.06. The summed E-state index contributed by atoms with van der Waals surface area (Å²) in [5, 5.41) is 4.05. The smallest absolute Gasteiger partial charge is 0.172 e. The number of unbranched alkanes of at least 4 members (excludes halogenated alkanes) is 7. The Morgan fingerprint density at radius 3 is 2.47 bits per heavy atom. The molecule has 2 heterocycles. The molecule has 108 valence electrons. The van der Waals surface area contributed by atoms with E-state index in [1.165, 1.54) is 51.4 Å². The third-order valence-electron chi connectivity index (χ3n) is 3.69. The van der Waals surface area contributed by atoms with Crippen LogP contribution in [0.15, 0.2) is 10.8 Å². The Balaban J connectivity index is 1.48. The SMILES string of the molecule is CCCCCCCCCC[C@H]1COc2cscc2O1. The number of thiophene rings is 1. The lowest BCUT2D eigenvalue weighted by Crippen LogP contribution is -2.28. The molecule has 19 heavy (non-hydrogen) atoms. The van der Waals surface area contributed by atoms with Crippen LogP contribution < -0.4 is 9.47 Å². The van der Waals surface area contributed by atoms with E-state index in [2.05, 4.69) is 6.92 Å². The van der Waals surface area contributed by atoms with Gasteiger partial charge in [0, 0.05) is 10.8 Å². The molecule has 0 fully saturated rings. The molecule has 0 unspecified atom stereocenters. The molecule has 0 amide bonds. The number of rotatable bonds is 9. The molecule has 1 aromatic rings. The zero-order valence-corrected chi connectivity index (χ0v) is 12.8. The van der Waals surface area contributed by atoms with E-state index >= 15 is 0 Å². The van der Waals surface area contributed by atoms with E-state index in [9.17, 15) is 0 Å². The van der Waals surface area contributed by atoms with Gasteiger partial charge in [0.25, 0.3) is 0 Å². The summed E-state index contributed by atoms with van der Waals surface area (Å²) in [5.41, 5.74) is 0. The molecule has 0 N–H and O–H groups in total. The third-order valence-corrected chi connectivity index (χ3v) is 4.39. The first kappa shape index (κ1) is 14.7. The minimum absolute atomic E-state index is 0.266. The highest BCUT2D eigenvalue weighted by Crippen LogP contribution is 2.36. The summed E-state index contributed by atoms with van der Waals surface area (Å²) in [6, 6.07) is 0. The van der Waals surface area contributed by atoms with E-state index in [-0.39, 0.29) is 6.10 Å². The molecule has 0 bridgehead atoms. The van der Waals surface area contributed by atoms with Crippen molar-refractivity contribution in [1.29, 1.82) is 0 Å². The van der Waals surface area contributed by atoms with Crippen molar-refractivity contribution >= 4 is 11.3 Å². The number of ether oxygens (including phenoxy) is 2. The summed E-state index contributed by atoms with van der Waals surface area (Å²) < 4.78 is 11.6. The Bertz CT molecular complexity index is 348. The zero-order chi connectivity index (χ0) is 13.3. The van der Waals surface area contributed by atoms with Crippen LogP contribution in [0.5, 0.6) is 11.5 Å². The fourth-order valence-electron chi connectivity index (χ4n) is 2.51. The fourth-order valence-corrected chi connectivity index (χ4v) is 3.18. The lowest BCUT2D eigenvalue weighted by molar-refractivity contribution is 0.0842. The maximum atomic E-state index is 5.92. The van der Waals surface area contributed by atoms with Crippen molar-refractivity contribution in [3.63, 3.8) is 0 Å². The van der Waals surface area contributed by atoms with Gasteiger partial charge < -0.3 is 9.47 Å². The highest BCUT2D eigenvalue weighted by Gasteiger charge is 2.20. The van der Waals surface area contributed by atoms with Crippen LogP contribution in [0.2, 0.25) is 0 Å². The molecular weight excluding hydrogens is 256 g/mol. The van der Waals surface area contributed by atoms with Crippen LogP contribution >= 0.6 is 11.3 Å². The molecule has 0 radical (unpaired) electrons. The van der Waals surface area contributed by atoms with Gasteiger partial charge in [-0.15, -0.1) is 11.3 Å². The summed E-state index contributed by atoms with van der Waals surface area (Å²) in [4.78, 5) is 0.